The van der Waals surface area contributed by atoms with E-state index in [4.69, 9.17) is 9.84 Å². The van der Waals surface area contributed by atoms with Gasteiger partial charge in [-0.2, -0.15) is 0 Å². The van der Waals surface area contributed by atoms with E-state index >= 15 is 0 Å². The fourth-order valence-corrected chi connectivity index (χ4v) is 2.80. The van der Waals surface area contributed by atoms with Gasteiger partial charge in [-0.1, -0.05) is 30.3 Å². The van der Waals surface area contributed by atoms with Crippen LogP contribution in [-0.2, 0) is 10.5 Å². The number of methoxy groups -OCH3 is 1. The van der Waals surface area contributed by atoms with Crippen LogP contribution >= 0.6 is 11.8 Å². The summed E-state index contributed by atoms with van der Waals surface area (Å²) in [5, 5.41) is 8.99. The zero-order valence-electron chi connectivity index (χ0n) is 12.1. The minimum atomic E-state index is -0.798. The Bertz CT molecular complexity index is 608. The average Bonchev–Trinajstić information content (AvgIpc) is 2.53. The maximum Gasteiger partial charge on any atom is 0.310 e. The van der Waals surface area contributed by atoms with Gasteiger partial charge in [-0.3, -0.25) is 4.79 Å². The fourth-order valence-electron chi connectivity index (χ4n) is 1.90. The lowest BCUT2D eigenvalue weighted by Crippen LogP contribution is -2.07. The summed E-state index contributed by atoms with van der Waals surface area (Å²) in [7, 11) is 1.66. The standard InChI is InChI=1S/C17H18O3S/c1-12(17(18)19)14-8-6-13(7-9-14)11-21-16-5-3-4-15(10-16)20-2/h3-10,12H,11H2,1-2H3,(H,18,19). The van der Waals surface area contributed by atoms with Crippen molar-refractivity contribution >= 4 is 17.7 Å². The Morgan fingerprint density at radius 1 is 1.24 bits per heavy atom. The van der Waals surface area contributed by atoms with Crippen molar-refractivity contribution in [2.24, 2.45) is 0 Å². The highest BCUT2D eigenvalue weighted by molar-refractivity contribution is 7.98. The van der Waals surface area contributed by atoms with Crippen LogP contribution in [0.5, 0.6) is 5.75 Å². The van der Waals surface area contributed by atoms with Gasteiger partial charge in [0.15, 0.2) is 0 Å². The summed E-state index contributed by atoms with van der Waals surface area (Å²) in [6.45, 7) is 1.70. The van der Waals surface area contributed by atoms with E-state index < -0.39 is 11.9 Å². The molecule has 0 fully saturated rings. The fraction of sp³-hybridized carbons (Fsp3) is 0.235. The Morgan fingerprint density at radius 2 is 1.95 bits per heavy atom. The van der Waals surface area contributed by atoms with Crippen LogP contribution < -0.4 is 4.74 Å². The van der Waals surface area contributed by atoms with Crippen molar-refractivity contribution in [2.75, 3.05) is 7.11 Å². The van der Waals surface area contributed by atoms with Crippen molar-refractivity contribution in [3.63, 3.8) is 0 Å². The van der Waals surface area contributed by atoms with Gasteiger partial charge in [-0.15, -0.1) is 11.8 Å². The molecular formula is C17H18O3S. The monoisotopic (exact) mass is 302 g/mol. The molecule has 0 aliphatic carbocycles. The molecule has 0 heterocycles. The minimum Gasteiger partial charge on any atom is -0.497 e. The largest absolute Gasteiger partial charge is 0.497 e. The Kier molecular flexibility index (Phi) is 5.28. The number of rotatable bonds is 6. The van der Waals surface area contributed by atoms with Crippen molar-refractivity contribution in [1.29, 1.82) is 0 Å². The number of benzene rings is 2. The molecule has 1 N–H and O–H groups in total. The topological polar surface area (TPSA) is 46.5 Å². The predicted molar refractivity (Wildman–Crippen MR) is 85.0 cm³/mol. The number of hydrogen-bond acceptors (Lipinski definition) is 3. The van der Waals surface area contributed by atoms with E-state index in [1.165, 1.54) is 5.56 Å². The minimum absolute atomic E-state index is 0.468. The van der Waals surface area contributed by atoms with E-state index in [0.29, 0.717) is 0 Å². The van der Waals surface area contributed by atoms with E-state index in [1.807, 2.05) is 48.5 Å². The van der Waals surface area contributed by atoms with Gasteiger partial charge in [-0.05, 0) is 36.2 Å². The number of hydrogen-bond donors (Lipinski definition) is 1. The summed E-state index contributed by atoms with van der Waals surface area (Å²) in [4.78, 5) is 12.1. The van der Waals surface area contributed by atoms with E-state index in [2.05, 4.69) is 0 Å². The summed E-state index contributed by atoms with van der Waals surface area (Å²) < 4.78 is 5.20. The van der Waals surface area contributed by atoms with Gasteiger partial charge in [0.25, 0.3) is 0 Å². The van der Waals surface area contributed by atoms with Crippen molar-refractivity contribution in [2.45, 2.75) is 23.5 Å². The Balaban J connectivity index is 1.98. The summed E-state index contributed by atoms with van der Waals surface area (Å²) in [6.07, 6.45) is 0. The zero-order chi connectivity index (χ0) is 15.2. The number of aliphatic carboxylic acids is 1. The predicted octanol–water partition coefficient (Wildman–Crippen LogP) is 4.18. The second kappa shape index (κ2) is 7.18. The van der Waals surface area contributed by atoms with Gasteiger partial charge in [0.2, 0.25) is 0 Å². The average molecular weight is 302 g/mol. The molecule has 0 saturated heterocycles. The van der Waals surface area contributed by atoms with Gasteiger partial charge in [0.1, 0.15) is 5.75 Å². The first-order valence-electron chi connectivity index (χ1n) is 6.68. The van der Waals surface area contributed by atoms with Crippen LogP contribution in [0.15, 0.2) is 53.4 Å². The van der Waals surface area contributed by atoms with Crippen LogP contribution in [0, 0.1) is 0 Å². The first-order chi connectivity index (χ1) is 10.1. The quantitative estimate of drug-likeness (QED) is 0.813. The second-order valence-corrected chi connectivity index (χ2v) is 5.82. The Hall–Kier alpha value is -1.94. The van der Waals surface area contributed by atoms with Gasteiger partial charge < -0.3 is 9.84 Å². The number of carboxylic acids is 1. The summed E-state index contributed by atoms with van der Waals surface area (Å²) in [5.41, 5.74) is 2.00. The highest BCUT2D eigenvalue weighted by atomic mass is 32.2. The molecule has 4 heteroatoms. The number of carboxylic acid groups (broad SMARTS) is 1. The molecule has 2 aromatic carbocycles. The van der Waals surface area contributed by atoms with Crippen LogP contribution in [0.2, 0.25) is 0 Å². The highest BCUT2D eigenvalue weighted by Gasteiger charge is 2.12. The molecule has 21 heavy (non-hydrogen) atoms. The molecule has 2 rings (SSSR count). The van der Waals surface area contributed by atoms with Gasteiger partial charge >= 0.3 is 5.97 Å². The molecule has 1 atom stereocenters. The lowest BCUT2D eigenvalue weighted by molar-refractivity contribution is -0.138. The second-order valence-electron chi connectivity index (χ2n) is 4.77. The molecule has 0 aliphatic heterocycles. The van der Waals surface area contributed by atoms with Crippen LogP contribution in [0.4, 0.5) is 0 Å². The first kappa shape index (κ1) is 15.4. The molecule has 0 aromatic heterocycles. The van der Waals surface area contributed by atoms with E-state index in [0.717, 1.165) is 22.0 Å². The molecule has 0 amide bonds. The Labute approximate surface area is 129 Å². The van der Waals surface area contributed by atoms with E-state index in [1.54, 1.807) is 25.8 Å². The Morgan fingerprint density at radius 3 is 2.57 bits per heavy atom. The highest BCUT2D eigenvalue weighted by Crippen LogP contribution is 2.26. The third kappa shape index (κ3) is 4.26. The molecule has 110 valence electrons. The summed E-state index contributed by atoms with van der Waals surface area (Å²) in [6, 6.07) is 15.7. The molecule has 2 aromatic rings. The maximum absolute atomic E-state index is 10.9. The summed E-state index contributed by atoms with van der Waals surface area (Å²) in [5.74, 6) is 0.429. The molecule has 0 spiro atoms. The number of thioether (sulfide) groups is 1. The smallest absolute Gasteiger partial charge is 0.310 e. The SMILES string of the molecule is COc1cccc(SCc2ccc(C(C)C(=O)O)cc2)c1. The van der Waals surface area contributed by atoms with Crippen LogP contribution in [-0.4, -0.2) is 18.2 Å². The van der Waals surface area contributed by atoms with E-state index in [9.17, 15) is 4.79 Å². The summed E-state index contributed by atoms with van der Waals surface area (Å²) >= 11 is 1.73. The zero-order valence-corrected chi connectivity index (χ0v) is 12.9. The molecule has 0 radical (unpaired) electrons. The molecule has 0 saturated carbocycles. The molecule has 0 bridgehead atoms. The normalized spacial score (nSPS) is 11.9. The van der Waals surface area contributed by atoms with Gasteiger partial charge in [-0.25, -0.2) is 0 Å². The van der Waals surface area contributed by atoms with Gasteiger partial charge in [0.05, 0.1) is 13.0 Å². The van der Waals surface area contributed by atoms with Crippen molar-refractivity contribution < 1.29 is 14.6 Å². The third-order valence-corrected chi connectivity index (χ3v) is 4.36. The first-order valence-corrected chi connectivity index (χ1v) is 7.67. The number of carbonyl (C=O) groups is 1. The molecule has 0 aliphatic rings. The van der Waals surface area contributed by atoms with Crippen molar-refractivity contribution in [1.82, 2.24) is 0 Å². The lowest BCUT2D eigenvalue weighted by Gasteiger charge is -2.08. The van der Waals surface area contributed by atoms with Gasteiger partial charge in [0, 0.05) is 10.6 Å². The van der Waals surface area contributed by atoms with Crippen molar-refractivity contribution in [3.05, 3.63) is 59.7 Å². The van der Waals surface area contributed by atoms with Crippen LogP contribution in [0.1, 0.15) is 24.0 Å². The molecule has 3 nitrogen and oxygen atoms in total. The maximum atomic E-state index is 10.9. The van der Waals surface area contributed by atoms with Crippen LogP contribution in [0.3, 0.4) is 0 Å². The lowest BCUT2D eigenvalue weighted by atomic mass is 10.0. The number of ether oxygens (including phenoxy) is 1. The molecule has 1 unspecified atom stereocenters. The molecular weight excluding hydrogens is 284 g/mol. The van der Waals surface area contributed by atoms with Crippen molar-refractivity contribution in [3.8, 4) is 5.75 Å². The van der Waals surface area contributed by atoms with E-state index in [-0.39, 0.29) is 0 Å². The third-order valence-electron chi connectivity index (χ3n) is 3.30. The van der Waals surface area contributed by atoms with Crippen LogP contribution in [0.25, 0.3) is 0 Å².